The Morgan fingerprint density at radius 2 is 1.81 bits per heavy atom. The van der Waals surface area contributed by atoms with Crippen LogP contribution in [0, 0.1) is 0 Å². The predicted molar refractivity (Wildman–Crippen MR) is 153 cm³/mol. The van der Waals surface area contributed by atoms with Crippen molar-refractivity contribution < 1.29 is 4.79 Å². The van der Waals surface area contributed by atoms with Gasteiger partial charge in [-0.1, -0.05) is 49.4 Å². The van der Waals surface area contributed by atoms with E-state index in [1.165, 1.54) is 11.8 Å². The molecule has 0 unspecified atom stereocenters. The number of carbonyl (C=O) groups excluding carboxylic acids is 1. The minimum Gasteiger partial charge on any atom is -0.369 e. The molecule has 0 radical (unpaired) electrons. The molecule has 1 amide bonds. The van der Waals surface area contributed by atoms with Crippen molar-refractivity contribution >= 4 is 39.9 Å². The third-order valence-electron chi connectivity index (χ3n) is 7.69. The maximum absolute atomic E-state index is 12.5. The average Bonchev–Trinajstić information content (AvgIpc) is 3.55. The Morgan fingerprint density at radius 1 is 1.05 bits per heavy atom. The Hall–Kier alpha value is -3.61. The number of carbonyl (C=O) groups is 1. The molecule has 37 heavy (non-hydrogen) atoms. The number of rotatable bonds is 5. The van der Waals surface area contributed by atoms with E-state index in [1.807, 2.05) is 6.07 Å². The summed E-state index contributed by atoms with van der Waals surface area (Å²) in [6.07, 6.45) is 3.94. The van der Waals surface area contributed by atoms with Crippen LogP contribution in [0.4, 0.5) is 11.4 Å². The Labute approximate surface area is 222 Å². The number of H-pyrrole nitrogens is 1. The second-order valence-electron chi connectivity index (χ2n) is 9.65. The maximum Gasteiger partial charge on any atom is 0.250 e. The van der Waals surface area contributed by atoms with Gasteiger partial charge in [0.15, 0.2) is 0 Å². The van der Waals surface area contributed by atoms with Crippen LogP contribution in [-0.2, 0) is 11.2 Å². The van der Waals surface area contributed by atoms with Crippen molar-refractivity contribution in [3.05, 3.63) is 78.0 Å². The van der Waals surface area contributed by atoms with E-state index in [9.17, 15) is 4.79 Å². The Kier molecular flexibility index (Phi) is 6.22. The number of hydrogen-bond donors (Lipinski definition) is 1. The fraction of sp³-hybridized carbons (Fsp3) is 0.267. The number of benzene rings is 2. The van der Waals surface area contributed by atoms with Gasteiger partial charge in [0.1, 0.15) is 5.65 Å². The summed E-state index contributed by atoms with van der Waals surface area (Å²) in [6, 6.07) is 16.9. The van der Waals surface area contributed by atoms with Crippen molar-refractivity contribution in [3.63, 3.8) is 0 Å². The molecule has 2 aliphatic heterocycles. The highest BCUT2D eigenvalue weighted by Gasteiger charge is 2.26. The zero-order valence-electron chi connectivity index (χ0n) is 21.0. The van der Waals surface area contributed by atoms with E-state index in [0.717, 1.165) is 83.8 Å². The summed E-state index contributed by atoms with van der Waals surface area (Å²) in [6.45, 7) is 11.9. The summed E-state index contributed by atoms with van der Waals surface area (Å²) in [5, 5.41) is 1.53. The second kappa shape index (κ2) is 9.69. The van der Waals surface area contributed by atoms with Gasteiger partial charge in [0.25, 0.3) is 0 Å². The van der Waals surface area contributed by atoms with Crippen molar-refractivity contribution in [1.82, 2.24) is 14.9 Å². The zero-order valence-corrected chi connectivity index (χ0v) is 21.8. The fourth-order valence-electron chi connectivity index (χ4n) is 5.62. The average molecular weight is 512 g/mol. The van der Waals surface area contributed by atoms with E-state index >= 15 is 0 Å². The van der Waals surface area contributed by atoms with E-state index in [4.69, 9.17) is 11.6 Å². The summed E-state index contributed by atoms with van der Waals surface area (Å²) in [5.74, 6) is -0.0786. The molecule has 0 saturated carbocycles. The fourth-order valence-corrected chi connectivity index (χ4v) is 5.86. The molecule has 2 aliphatic rings. The molecule has 4 heterocycles. The minimum atomic E-state index is -0.0786. The first-order valence-corrected chi connectivity index (χ1v) is 13.3. The number of fused-ring (bicyclic) bond motifs is 2. The molecular formula is C30H30ClN5O. The maximum atomic E-state index is 12.5. The van der Waals surface area contributed by atoms with Gasteiger partial charge in [-0.05, 0) is 60.0 Å². The van der Waals surface area contributed by atoms with E-state index in [-0.39, 0.29) is 5.91 Å². The van der Waals surface area contributed by atoms with Crippen LogP contribution in [0.5, 0.6) is 0 Å². The van der Waals surface area contributed by atoms with Gasteiger partial charge in [-0.15, -0.1) is 0 Å². The monoisotopic (exact) mass is 511 g/mol. The highest BCUT2D eigenvalue weighted by atomic mass is 35.5. The lowest BCUT2D eigenvalue weighted by Gasteiger charge is -2.35. The van der Waals surface area contributed by atoms with Crippen molar-refractivity contribution in [1.29, 1.82) is 0 Å². The predicted octanol–water partition coefficient (Wildman–Crippen LogP) is 5.77. The van der Waals surface area contributed by atoms with Crippen LogP contribution in [0.2, 0.25) is 5.02 Å². The highest BCUT2D eigenvalue weighted by molar-refractivity contribution is 6.36. The molecule has 0 aliphatic carbocycles. The Bertz CT molecular complexity index is 1480. The summed E-state index contributed by atoms with van der Waals surface area (Å²) < 4.78 is 0. The largest absolute Gasteiger partial charge is 0.369 e. The molecular weight excluding hydrogens is 482 g/mol. The lowest BCUT2D eigenvalue weighted by atomic mass is 9.97. The van der Waals surface area contributed by atoms with Gasteiger partial charge in [-0.2, -0.15) is 0 Å². The van der Waals surface area contributed by atoms with Crippen LogP contribution >= 0.6 is 11.6 Å². The molecule has 1 fully saturated rings. The summed E-state index contributed by atoms with van der Waals surface area (Å²) in [5.41, 5.74) is 8.12. The van der Waals surface area contributed by atoms with Crippen molar-refractivity contribution in [2.45, 2.75) is 13.3 Å². The number of hydrogen-bond acceptors (Lipinski definition) is 4. The molecule has 0 bridgehead atoms. The number of pyridine rings is 1. The normalized spacial score (nSPS) is 15.8. The van der Waals surface area contributed by atoms with Crippen LogP contribution in [0.15, 0.2) is 67.4 Å². The molecule has 7 heteroatoms. The van der Waals surface area contributed by atoms with Crippen LogP contribution in [0.25, 0.3) is 33.4 Å². The number of likely N-dealkylation sites (N-methyl/N-ethyl adjacent to an activating group) is 1. The van der Waals surface area contributed by atoms with Crippen LogP contribution < -0.4 is 9.80 Å². The first kappa shape index (κ1) is 23.8. The summed E-state index contributed by atoms with van der Waals surface area (Å²) in [4.78, 5) is 27.3. The highest BCUT2D eigenvalue weighted by Crippen LogP contribution is 2.43. The molecule has 6 rings (SSSR count). The molecule has 0 atom stereocenters. The third-order valence-corrected chi connectivity index (χ3v) is 8.01. The SMILES string of the molecule is C=CC(=O)N1CCc2ccc(-c3c(-c4ccc(N5CCN(CC)CC5)cc4)[nH]c4nccc(Cl)c34)cc21. The van der Waals surface area contributed by atoms with E-state index in [0.29, 0.717) is 11.6 Å². The molecule has 188 valence electrons. The molecule has 6 nitrogen and oxygen atoms in total. The van der Waals surface area contributed by atoms with Crippen LogP contribution in [-0.4, -0.2) is 60.0 Å². The number of piperazine rings is 1. The summed E-state index contributed by atoms with van der Waals surface area (Å²) in [7, 11) is 0. The molecule has 2 aromatic heterocycles. The second-order valence-corrected chi connectivity index (χ2v) is 10.1. The van der Waals surface area contributed by atoms with E-state index in [2.05, 4.69) is 75.7 Å². The van der Waals surface area contributed by atoms with E-state index in [1.54, 1.807) is 11.1 Å². The number of nitrogens with one attached hydrogen (secondary N) is 1. The van der Waals surface area contributed by atoms with Gasteiger partial charge < -0.3 is 19.7 Å². The topological polar surface area (TPSA) is 55.5 Å². The van der Waals surface area contributed by atoms with Crippen LogP contribution in [0.1, 0.15) is 12.5 Å². The smallest absolute Gasteiger partial charge is 0.250 e. The third kappa shape index (κ3) is 4.20. The number of nitrogens with zero attached hydrogens (tertiary/aromatic N) is 4. The molecule has 1 saturated heterocycles. The number of anilines is 2. The number of amides is 1. The quantitative estimate of drug-likeness (QED) is 0.346. The first-order chi connectivity index (χ1) is 18.1. The molecule has 1 N–H and O–H groups in total. The lowest BCUT2D eigenvalue weighted by molar-refractivity contribution is -0.114. The number of aromatic amines is 1. The Morgan fingerprint density at radius 3 is 2.54 bits per heavy atom. The van der Waals surface area contributed by atoms with Gasteiger partial charge >= 0.3 is 0 Å². The van der Waals surface area contributed by atoms with Crippen molar-refractivity contribution in [2.24, 2.45) is 0 Å². The first-order valence-electron chi connectivity index (χ1n) is 12.9. The van der Waals surface area contributed by atoms with Gasteiger partial charge in [0.2, 0.25) is 5.91 Å². The molecule has 0 spiro atoms. The summed E-state index contributed by atoms with van der Waals surface area (Å²) >= 11 is 6.73. The van der Waals surface area contributed by atoms with Crippen molar-refractivity contribution in [3.8, 4) is 22.4 Å². The Balaban J connectivity index is 1.43. The molecule has 2 aromatic carbocycles. The van der Waals surface area contributed by atoms with Gasteiger partial charge in [-0.25, -0.2) is 4.98 Å². The van der Waals surface area contributed by atoms with Crippen LogP contribution in [0.3, 0.4) is 0 Å². The van der Waals surface area contributed by atoms with Gasteiger partial charge in [0.05, 0.1) is 10.7 Å². The van der Waals surface area contributed by atoms with E-state index < -0.39 is 0 Å². The lowest BCUT2D eigenvalue weighted by Crippen LogP contribution is -2.46. The van der Waals surface area contributed by atoms with Crippen molar-refractivity contribution in [2.75, 3.05) is 49.1 Å². The molecule has 4 aromatic rings. The minimum absolute atomic E-state index is 0.0786. The zero-order chi connectivity index (χ0) is 25.5. The van der Waals surface area contributed by atoms with Gasteiger partial charge in [0, 0.05) is 61.2 Å². The number of aromatic nitrogens is 2. The standard InChI is InChI=1S/C30H30ClN5O/c1-3-26(37)36-14-12-20-5-6-22(19-25(20)36)27-28-24(31)11-13-32-30(28)33-29(27)21-7-9-23(10-8-21)35-17-15-34(4-2)16-18-35/h3,5-11,13,19H,1,4,12,14-18H2,2H3,(H,32,33). The number of halogens is 1. The van der Waals surface area contributed by atoms with Gasteiger partial charge in [-0.3, -0.25) is 4.79 Å².